The first-order valence-electron chi connectivity index (χ1n) is 5.69. The van der Waals surface area contributed by atoms with Crippen molar-refractivity contribution in [3.63, 3.8) is 0 Å². The van der Waals surface area contributed by atoms with E-state index >= 15 is 0 Å². The van der Waals surface area contributed by atoms with Crippen molar-refractivity contribution in [1.82, 2.24) is 15.5 Å². The number of thioether (sulfide) groups is 1. The van der Waals surface area contributed by atoms with Crippen molar-refractivity contribution < 1.29 is 8.91 Å². The minimum Gasteiger partial charge on any atom is -0.338 e. The van der Waals surface area contributed by atoms with Gasteiger partial charge in [-0.2, -0.15) is 4.98 Å². The average Bonchev–Trinajstić information content (AvgIpc) is 2.98. The van der Waals surface area contributed by atoms with Gasteiger partial charge in [0.1, 0.15) is 5.82 Å². The smallest absolute Gasteiger partial charge is 0.244 e. The van der Waals surface area contributed by atoms with Crippen LogP contribution in [0.25, 0.3) is 0 Å². The third kappa shape index (κ3) is 2.54. The monoisotopic (exact) mass is 265 g/mol. The standard InChI is InChI=1S/C12H12FN3OS/c13-9-3-1-2-8(4-9)5-11-15-12(17-16-11)10-6-18-7-14-10/h1-4,10,14H,5-7H2. The summed E-state index contributed by atoms with van der Waals surface area (Å²) < 4.78 is 18.3. The van der Waals surface area contributed by atoms with Crippen molar-refractivity contribution in [2.75, 3.05) is 11.6 Å². The van der Waals surface area contributed by atoms with Crippen molar-refractivity contribution >= 4 is 11.8 Å². The van der Waals surface area contributed by atoms with Gasteiger partial charge in [-0.25, -0.2) is 4.39 Å². The van der Waals surface area contributed by atoms with E-state index in [1.807, 2.05) is 6.07 Å². The van der Waals surface area contributed by atoms with Gasteiger partial charge < -0.3 is 4.52 Å². The van der Waals surface area contributed by atoms with Crippen LogP contribution in [0.15, 0.2) is 28.8 Å². The maximum absolute atomic E-state index is 13.0. The van der Waals surface area contributed by atoms with Crippen molar-refractivity contribution in [2.45, 2.75) is 12.5 Å². The number of hydrogen-bond donors (Lipinski definition) is 1. The molecule has 1 aromatic heterocycles. The predicted molar refractivity (Wildman–Crippen MR) is 66.7 cm³/mol. The third-order valence-corrected chi connectivity index (χ3v) is 3.69. The van der Waals surface area contributed by atoms with Crippen LogP contribution in [-0.2, 0) is 6.42 Å². The molecule has 1 N–H and O–H groups in total. The molecule has 4 nitrogen and oxygen atoms in total. The van der Waals surface area contributed by atoms with Gasteiger partial charge in [0.2, 0.25) is 5.89 Å². The van der Waals surface area contributed by atoms with Gasteiger partial charge in [-0.05, 0) is 17.7 Å². The van der Waals surface area contributed by atoms with Crippen LogP contribution in [0.1, 0.15) is 23.3 Å². The fraction of sp³-hybridized carbons (Fsp3) is 0.333. The number of nitrogens with zero attached hydrogens (tertiary/aromatic N) is 2. The topological polar surface area (TPSA) is 51.0 Å². The molecule has 0 radical (unpaired) electrons. The van der Waals surface area contributed by atoms with Crippen molar-refractivity contribution in [2.24, 2.45) is 0 Å². The SMILES string of the molecule is Fc1cccc(Cc2noc(C3CSCN3)n2)c1. The van der Waals surface area contributed by atoms with Gasteiger partial charge in [0.05, 0.1) is 6.04 Å². The number of rotatable bonds is 3. The Morgan fingerprint density at radius 3 is 3.22 bits per heavy atom. The summed E-state index contributed by atoms with van der Waals surface area (Å²) in [6.45, 7) is 0. The molecular weight excluding hydrogens is 253 g/mol. The van der Waals surface area contributed by atoms with Crippen LogP contribution in [0.4, 0.5) is 4.39 Å². The van der Waals surface area contributed by atoms with Crippen LogP contribution in [0.5, 0.6) is 0 Å². The predicted octanol–water partition coefficient (Wildman–Crippen LogP) is 2.13. The number of hydrogen-bond acceptors (Lipinski definition) is 5. The zero-order valence-corrected chi connectivity index (χ0v) is 10.4. The Kier molecular flexibility index (Phi) is 3.29. The highest BCUT2D eigenvalue weighted by molar-refractivity contribution is 7.99. The molecule has 1 aliphatic heterocycles. The van der Waals surface area contributed by atoms with Gasteiger partial charge in [0, 0.05) is 18.1 Å². The Hall–Kier alpha value is -1.40. The summed E-state index contributed by atoms with van der Waals surface area (Å²) in [5.41, 5.74) is 0.844. The maximum atomic E-state index is 13.0. The van der Waals surface area contributed by atoms with Gasteiger partial charge in [-0.1, -0.05) is 17.3 Å². The fourth-order valence-corrected chi connectivity index (χ4v) is 2.80. The van der Waals surface area contributed by atoms with E-state index in [2.05, 4.69) is 15.5 Å². The number of nitrogens with one attached hydrogen (secondary N) is 1. The van der Waals surface area contributed by atoms with Crippen molar-refractivity contribution in [3.8, 4) is 0 Å². The quantitative estimate of drug-likeness (QED) is 0.921. The first kappa shape index (κ1) is 11.7. The van der Waals surface area contributed by atoms with Crippen LogP contribution < -0.4 is 5.32 Å². The molecule has 18 heavy (non-hydrogen) atoms. The molecule has 1 aliphatic rings. The summed E-state index contributed by atoms with van der Waals surface area (Å²) in [4.78, 5) is 4.34. The second-order valence-electron chi connectivity index (χ2n) is 4.13. The fourth-order valence-electron chi connectivity index (χ4n) is 1.86. The minimum absolute atomic E-state index is 0.142. The molecule has 1 fully saturated rings. The molecule has 1 aromatic carbocycles. The molecule has 0 aliphatic carbocycles. The molecule has 0 amide bonds. The van der Waals surface area contributed by atoms with Gasteiger partial charge in [-0.15, -0.1) is 11.8 Å². The van der Waals surface area contributed by atoms with Gasteiger partial charge >= 0.3 is 0 Å². The molecule has 6 heteroatoms. The van der Waals surface area contributed by atoms with E-state index in [9.17, 15) is 4.39 Å². The van der Waals surface area contributed by atoms with Crippen LogP contribution in [0.2, 0.25) is 0 Å². The Balaban J connectivity index is 1.73. The van der Waals surface area contributed by atoms with Gasteiger partial charge in [0.15, 0.2) is 5.82 Å². The first-order valence-corrected chi connectivity index (χ1v) is 6.85. The summed E-state index contributed by atoms with van der Waals surface area (Å²) in [7, 11) is 0. The van der Waals surface area contributed by atoms with Crippen LogP contribution in [-0.4, -0.2) is 21.8 Å². The first-order chi connectivity index (χ1) is 8.81. The van der Waals surface area contributed by atoms with E-state index in [0.717, 1.165) is 17.2 Å². The van der Waals surface area contributed by atoms with E-state index in [1.165, 1.54) is 12.1 Å². The summed E-state index contributed by atoms with van der Waals surface area (Å²) in [5, 5.41) is 7.19. The second kappa shape index (κ2) is 5.07. The molecule has 2 aromatic rings. The summed E-state index contributed by atoms with van der Waals surface area (Å²) in [6, 6.07) is 6.58. The van der Waals surface area contributed by atoms with Crippen LogP contribution >= 0.6 is 11.8 Å². The molecular formula is C12H12FN3OS. The molecule has 1 saturated heterocycles. The van der Waals surface area contributed by atoms with Crippen LogP contribution in [0.3, 0.4) is 0 Å². The molecule has 3 rings (SSSR count). The molecule has 0 bridgehead atoms. The lowest BCUT2D eigenvalue weighted by molar-refractivity contribution is 0.347. The lowest BCUT2D eigenvalue weighted by atomic mass is 10.1. The Labute approximate surface area is 108 Å². The second-order valence-corrected chi connectivity index (χ2v) is 5.16. The molecule has 1 atom stereocenters. The van der Waals surface area contributed by atoms with Crippen molar-refractivity contribution in [1.29, 1.82) is 0 Å². The molecule has 0 spiro atoms. The highest BCUT2D eigenvalue weighted by atomic mass is 32.2. The highest BCUT2D eigenvalue weighted by Crippen LogP contribution is 2.22. The number of aromatic nitrogens is 2. The Bertz CT molecular complexity index is 540. The van der Waals surface area contributed by atoms with E-state index in [0.29, 0.717) is 18.1 Å². The third-order valence-electron chi connectivity index (χ3n) is 2.75. The minimum atomic E-state index is -0.245. The lowest BCUT2D eigenvalue weighted by Crippen LogP contribution is -2.14. The molecule has 94 valence electrons. The van der Waals surface area contributed by atoms with Crippen LogP contribution in [0, 0.1) is 5.82 Å². The molecule has 1 unspecified atom stereocenters. The molecule has 0 saturated carbocycles. The normalized spacial score (nSPS) is 19.3. The maximum Gasteiger partial charge on any atom is 0.244 e. The lowest BCUT2D eigenvalue weighted by Gasteiger charge is -2.00. The largest absolute Gasteiger partial charge is 0.338 e. The summed E-state index contributed by atoms with van der Waals surface area (Å²) in [5.74, 6) is 2.82. The molecule has 2 heterocycles. The summed E-state index contributed by atoms with van der Waals surface area (Å²) >= 11 is 1.80. The van der Waals surface area contributed by atoms with E-state index in [4.69, 9.17) is 4.52 Å². The number of benzene rings is 1. The van der Waals surface area contributed by atoms with E-state index in [1.54, 1.807) is 17.8 Å². The summed E-state index contributed by atoms with van der Waals surface area (Å²) in [6.07, 6.45) is 0.487. The number of halogens is 1. The zero-order valence-electron chi connectivity index (χ0n) is 9.60. The van der Waals surface area contributed by atoms with E-state index in [-0.39, 0.29) is 11.9 Å². The Morgan fingerprint density at radius 1 is 1.50 bits per heavy atom. The van der Waals surface area contributed by atoms with Crippen molar-refractivity contribution in [3.05, 3.63) is 47.4 Å². The average molecular weight is 265 g/mol. The van der Waals surface area contributed by atoms with Gasteiger partial charge in [0.25, 0.3) is 0 Å². The zero-order chi connectivity index (χ0) is 12.4. The highest BCUT2D eigenvalue weighted by Gasteiger charge is 2.22. The Morgan fingerprint density at radius 2 is 2.44 bits per heavy atom. The van der Waals surface area contributed by atoms with E-state index < -0.39 is 0 Å². The van der Waals surface area contributed by atoms with Gasteiger partial charge in [-0.3, -0.25) is 5.32 Å².